The number of anilines is 1. The van der Waals surface area contributed by atoms with E-state index in [1.807, 2.05) is 43.3 Å². The summed E-state index contributed by atoms with van der Waals surface area (Å²) in [6.45, 7) is 0.925. The molecule has 2 heterocycles. The third kappa shape index (κ3) is 4.08. The Hall–Kier alpha value is -3.32. The molecule has 2 fully saturated rings. The van der Waals surface area contributed by atoms with E-state index in [2.05, 4.69) is 0 Å². The number of carbonyl (C=O) groups excluding carboxylic acids is 2. The molecule has 2 aromatic rings. The van der Waals surface area contributed by atoms with Crippen LogP contribution in [0.2, 0.25) is 0 Å². The molecule has 7 nitrogen and oxygen atoms in total. The SMILES string of the molecule is COc1ccc(C([O-])=C2C(=O)C(=O)N(CC3CCCO3)C2c2ccc(N(C)C)cc2)cc1. The molecule has 2 atom stereocenters. The first kappa shape index (κ1) is 21.9. The monoisotopic (exact) mass is 435 g/mol. The molecule has 2 saturated heterocycles. The Bertz CT molecular complexity index is 1020. The third-order valence-electron chi connectivity index (χ3n) is 6.03. The number of carbonyl (C=O) groups is 2. The van der Waals surface area contributed by atoms with Gasteiger partial charge in [0.25, 0.3) is 5.91 Å². The molecule has 2 aliphatic heterocycles. The van der Waals surface area contributed by atoms with Crippen molar-refractivity contribution < 1.29 is 24.2 Å². The molecule has 2 aliphatic rings. The zero-order valence-corrected chi connectivity index (χ0v) is 18.5. The van der Waals surface area contributed by atoms with Crippen LogP contribution < -0.4 is 14.7 Å². The van der Waals surface area contributed by atoms with Gasteiger partial charge in [0.1, 0.15) is 5.75 Å². The second-order valence-corrected chi connectivity index (χ2v) is 8.28. The maximum absolute atomic E-state index is 13.4. The van der Waals surface area contributed by atoms with E-state index < -0.39 is 23.5 Å². The minimum Gasteiger partial charge on any atom is -0.872 e. The summed E-state index contributed by atoms with van der Waals surface area (Å²) in [5, 5.41) is 13.4. The molecule has 1 amide bonds. The van der Waals surface area contributed by atoms with Crippen LogP contribution in [0, 0.1) is 0 Å². The van der Waals surface area contributed by atoms with Crippen molar-refractivity contribution in [3.8, 4) is 5.75 Å². The number of nitrogens with zero attached hydrogens (tertiary/aromatic N) is 2. The number of benzene rings is 2. The minimum atomic E-state index is -0.745. The van der Waals surface area contributed by atoms with Crippen LogP contribution in [-0.4, -0.2) is 57.1 Å². The zero-order chi connectivity index (χ0) is 22.8. The van der Waals surface area contributed by atoms with Crippen molar-refractivity contribution in [2.24, 2.45) is 0 Å². The molecule has 2 unspecified atom stereocenters. The predicted octanol–water partition coefficient (Wildman–Crippen LogP) is 2.16. The van der Waals surface area contributed by atoms with E-state index in [4.69, 9.17) is 9.47 Å². The predicted molar refractivity (Wildman–Crippen MR) is 119 cm³/mol. The van der Waals surface area contributed by atoms with Gasteiger partial charge in [-0.25, -0.2) is 0 Å². The summed E-state index contributed by atoms with van der Waals surface area (Å²) in [6, 6.07) is 13.4. The molecule has 7 heteroatoms. The molecule has 0 aliphatic carbocycles. The smallest absolute Gasteiger partial charge is 0.295 e. The number of likely N-dealkylation sites (tertiary alicyclic amines) is 1. The number of hydrogen-bond donors (Lipinski definition) is 0. The van der Waals surface area contributed by atoms with Gasteiger partial charge in [0.15, 0.2) is 0 Å². The first-order chi connectivity index (χ1) is 15.4. The largest absolute Gasteiger partial charge is 0.872 e. The maximum Gasteiger partial charge on any atom is 0.295 e. The first-order valence-corrected chi connectivity index (χ1v) is 10.7. The Morgan fingerprint density at radius 2 is 1.81 bits per heavy atom. The number of ether oxygens (including phenoxy) is 2. The molecule has 168 valence electrons. The summed E-state index contributed by atoms with van der Waals surface area (Å²) >= 11 is 0. The zero-order valence-electron chi connectivity index (χ0n) is 18.5. The molecule has 0 saturated carbocycles. The van der Waals surface area contributed by atoms with Crippen molar-refractivity contribution in [2.75, 3.05) is 39.3 Å². The lowest BCUT2D eigenvalue weighted by Gasteiger charge is -2.29. The molecule has 32 heavy (non-hydrogen) atoms. The summed E-state index contributed by atoms with van der Waals surface area (Å²) in [4.78, 5) is 29.5. The van der Waals surface area contributed by atoms with E-state index >= 15 is 0 Å². The van der Waals surface area contributed by atoms with Gasteiger partial charge < -0.3 is 24.4 Å². The van der Waals surface area contributed by atoms with Crippen LogP contribution in [0.25, 0.3) is 5.76 Å². The highest BCUT2D eigenvalue weighted by Gasteiger charge is 2.45. The van der Waals surface area contributed by atoms with Gasteiger partial charge in [-0.3, -0.25) is 9.59 Å². The molecular weight excluding hydrogens is 408 g/mol. The number of amides is 1. The minimum absolute atomic E-state index is 0.0178. The number of hydrogen-bond acceptors (Lipinski definition) is 6. The highest BCUT2D eigenvalue weighted by Crippen LogP contribution is 2.40. The van der Waals surface area contributed by atoms with E-state index in [1.165, 1.54) is 4.90 Å². The standard InChI is InChI=1S/C25H28N2O5/c1-26(2)18-10-6-16(7-11-18)22-21(23(28)17-8-12-19(31-3)13-9-17)24(29)25(30)27(22)15-20-5-4-14-32-20/h6-13,20,22,28H,4-5,14-15H2,1-3H3/p-1. The lowest BCUT2D eigenvalue weighted by atomic mass is 9.95. The summed E-state index contributed by atoms with van der Waals surface area (Å²) in [5.41, 5.74) is 2.04. The van der Waals surface area contributed by atoms with E-state index in [0.717, 1.165) is 24.1 Å². The first-order valence-electron chi connectivity index (χ1n) is 10.7. The average molecular weight is 436 g/mol. The average Bonchev–Trinajstić information content (AvgIpc) is 3.41. The molecule has 0 aromatic heterocycles. The van der Waals surface area contributed by atoms with Gasteiger partial charge in [-0.05, 0) is 48.2 Å². The molecule has 0 bridgehead atoms. The molecule has 0 spiro atoms. The molecule has 4 rings (SSSR count). The topological polar surface area (TPSA) is 82.1 Å². The number of methoxy groups -OCH3 is 1. The van der Waals surface area contributed by atoms with Crippen molar-refractivity contribution in [3.05, 3.63) is 65.2 Å². The van der Waals surface area contributed by atoms with Crippen LogP contribution in [-0.2, 0) is 14.3 Å². The number of ketones is 1. The van der Waals surface area contributed by atoms with Crippen LogP contribution in [0.3, 0.4) is 0 Å². The number of rotatable bonds is 6. The highest BCUT2D eigenvalue weighted by atomic mass is 16.5. The van der Waals surface area contributed by atoms with Gasteiger partial charge in [0, 0.05) is 38.5 Å². The normalized spacial score (nSPS) is 22.4. The summed E-state index contributed by atoms with van der Waals surface area (Å²) in [5.74, 6) is -1.23. The maximum atomic E-state index is 13.4. The van der Waals surface area contributed by atoms with Gasteiger partial charge in [0.2, 0.25) is 5.78 Å². The van der Waals surface area contributed by atoms with E-state index in [9.17, 15) is 14.7 Å². The van der Waals surface area contributed by atoms with Gasteiger partial charge in [-0.1, -0.05) is 30.0 Å². The van der Waals surface area contributed by atoms with Crippen molar-refractivity contribution in [1.82, 2.24) is 4.90 Å². The fourth-order valence-electron chi connectivity index (χ4n) is 4.27. The van der Waals surface area contributed by atoms with Crippen LogP contribution >= 0.6 is 0 Å². The Labute approximate surface area is 187 Å². The van der Waals surface area contributed by atoms with Crippen molar-refractivity contribution in [2.45, 2.75) is 25.0 Å². The second kappa shape index (κ2) is 9.04. The fraction of sp³-hybridized carbons (Fsp3) is 0.360. The lowest BCUT2D eigenvalue weighted by Crippen LogP contribution is -2.36. The molecule has 2 aromatic carbocycles. The van der Waals surface area contributed by atoms with Crippen molar-refractivity contribution in [3.63, 3.8) is 0 Å². The fourth-order valence-corrected chi connectivity index (χ4v) is 4.27. The third-order valence-corrected chi connectivity index (χ3v) is 6.03. The Balaban J connectivity index is 1.79. The highest BCUT2D eigenvalue weighted by molar-refractivity contribution is 6.46. The van der Waals surface area contributed by atoms with Crippen molar-refractivity contribution >= 4 is 23.1 Å². The van der Waals surface area contributed by atoms with Gasteiger partial charge in [0.05, 0.1) is 19.3 Å². The van der Waals surface area contributed by atoms with Crippen LogP contribution in [0.4, 0.5) is 5.69 Å². The molecular formula is C25H27N2O5-. The Morgan fingerprint density at radius 1 is 1.12 bits per heavy atom. The van der Waals surface area contributed by atoms with Crippen LogP contribution in [0.15, 0.2) is 54.1 Å². The lowest BCUT2D eigenvalue weighted by molar-refractivity contribution is -0.245. The van der Waals surface area contributed by atoms with E-state index in [1.54, 1.807) is 31.4 Å². The van der Waals surface area contributed by atoms with Crippen LogP contribution in [0.5, 0.6) is 5.75 Å². The van der Waals surface area contributed by atoms with Crippen molar-refractivity contribution in [1.29, 1.82) is 0 Å². The molecule has 0 radical (unpaired) electrons. The quantitative estimate of drug-likeness (QED) is 0.393. The second-order valence-electron chi connectivity index (χ2n) is 8.28. The van der Waals surface area contributed by atoms with Gasteiger partial charge >= 0.3 is 0 Å². The summed E-state index contributed by atoms with van der Waals surface area (Å²) < 4.78 is 10.9. The van der Waals surface area contributed by atoms with Gasteiger partial charge in [-0.2, -0.15) is 0 Å². The van der Waals surface area contributed by atoms with E-state index in [-0.39, 0.29) is 18.2 Å². The van der Waals surface area contributed by atoms with E-state index in [0.29, 0.717) is 17.9 Å². The summed E-state index contributed by atoms with van der Waals surface area (Å²) in [7, 11) is 5.42. The molecule has 0 N–H and O–H groups in total. The van der Waals surface area contributed by atoms with Gasteiger partial charge in [-0.15, -0.1) is 0 Å². The number of Topliss-reactive ketones (excluding diaryl/α,β-unsaturated/α-hetero) is 1. The summed E-state index contributed by atoms with van der Waals surface area (Å²) in [6.07, 6.45) is 1.61. The van der Waals surface area contributed by atoms with Crippen LogP contribution in [0.1, 0.15) is 30.0 Å². The Kier molecular flexibility index (Phi) is 6.19. The Morgan fingerprint density at radius 3 is 2.38 bits per heavy atom.